The summed E-state index contributed by atoms with van der Waals surface area (Å²) in [6.45, 7) is 13.2. The summed E-state index contributed by atoms with van der Waals surface area (Å²) in [7, 11) is 0. The van der Waals surface area contributed by atoms with Gasteiger partial charge >= 0.3 is 0 Å². The van der Waals surface area contributed by atoms with Crippen LogP contribution < -0.4 is 4.90 Å². The molecule has 0 radical (unpaired) electrons. The van der Waals surface area contributed by atoms with Gasteiger partial charge in [0.15, 0.2) is 5.69 Å². The van der Waals surface area contributed by atoms with Gasteiger partial charge < -0.3 is 4.42 Å². The maximum Gasteiger partial charge on any atom is 0.233 e. The number of rotatable bonds is 1. The van der Waals surface area contributed by atoms with Crippen molar-refractivity contribution in [2.24, 2.45) is 10.2 Å². The molecule has 1 aliphatic rings. The zero-order chi connectivity index (χ0) is 21.9. The number of azo groups is 1. The van der Waals surface area contributed by atoms with Crippen LogP contribution in [0.5, 0.6) is 0 Å². The van der Waals surface area contributed by atoms with Crippen molar-refractivity contribution in [2.45, 2.75) is 47.0 Å². The summed E-state index contributed by atoms with van der Waals surface area (Å²) in [5, 5.41) is 10.2. The van der Waals surface area contributed by atoms with E-state index in [2.05, 4.69) is 87.0 Å². The maximum atomic E-state index is 6.43. The zero-order valence-electron chi connectivity index (χ0n) is 18.9. The van der Waals surface area contributed by atoms with Gasteiger partial charge in [0.25, 0.3) is 0 Å². The molecule has 0 spiro atoms. The van der Waals surface area contributed by atoms with Gasteiger partial charge in [-0.05, 0) is 67.1 Å². The predicted molar refractivity (Wildman–Crippen MR) is 128 cm³/mol. The average molecular weight is 410 g/mol. The molecule has 2 heterocycles. The van der Waals surface area contributed by atoms with Gasteiger partial charge in [-0.15, -0.1) is 10.2 Å². The van der Waals surface area contributed by atoms with Gasteiger partial charge in [-0.25, -0.2) is 0 Å². The monoisotopic (exact) mass is 409 g/mol. The minimum atomic E-state index is 0.0808. The number of benzene rings is 3. The molecular formula is C27H27N3O. The van der Waals surface area contributed by atoms with Gasteiger partial charge in [0.1, 0.15) is 11.3 Å². The second kappa shape index (κ2) is 6.81. The second-order valence-electron chi connectivity index (χ2n) is 9.49. The highest BCUT2D eigenvalue weighted by atomic mass is 16.4. The molecule has 0 unspecified atom stereocenters. The van der Waals surface area contributed by atoms with E-state index in [1.807, 2.05) is 24.3 Å². The smallest absolute Gasteiger partial charge is 0.233 e. The molecule has 1 aliphatic heterocycles. The number of fused-ring (bicyclic) bond motifs is 4. The van der Waals surface area contributed by atoms with Crippen LogP contribution >= 0.6 is 0 Å². The Balaban J connectivity index is 1.84. The molecule has 0 saturated heterocycles. The standard InChI is InChI=1S/C27H27N3O/c1-16-11-12-23-20(13-16)24-26(31-23)30(22-10-8-7-9-21(22)28-29-24)25-17(2)14-19(15-18(25)3)27(4,5)6/h7-15H,1-6H3. The van der Waals surface area contributed by atoms with Crippen LogP contribution in [0.15, 0.2) is 69.2 Å². The predicted octanol–water partition coefficient (Wildman–Crippen LogP) is 8.85. The molecule has 4 nitrogen and oxygen atoms in total. The third kappa shape index (κ3) is 3.14. The van der Waals surface area contributed by atoms with Crippen LogP contribution in [0.1, 0.15) is 43.0 Å². The van der Waals surface area contributed by atoms with Crippen molar-refractivity contribution < 1.29 is 4.42 Å². The van der Waals surface area contributed by atoms with Crippen molar-refractivity contribution >= 4 is 39.6 Å². The summed E-state index contributed by atoms with van der Waals surface area (Å²) in [6.07, 6.45) is 0. The molecule has 5 rings (SSSR count). The average Bonchev–Trinajstić information content (AvgIpc) is 2.97. The first-order valence-corrected chi connectivity index (χ1v) is 10.7. The Labute approximate surface area is 183 Å². The van der Waals surface area contributed by atoms with Crippen LogP contribution in [0, 0.1) is 20.8 Å². The normalized spacial score (nSPS) is 13.3. The van der Waals surface area contributed by atoms with Crippen LogP contribution in [0.4, 0.5) is 28.6 Å². The van der Waals surface area contributed by atoms with E-state index in [9.17, 15) is 0 Å². The van der Waals surface area contributed by atoms with Crippen molar-refractivity contribution in [2.75, 3.05) is 4.90 Å². The SMILES string of the molecule is Cc1ccc2oc3c(c2c1)N=Nc1ccccc1N3c1c(C)cc(C(C)(C)C)cc1C. The number of nitrogens with zero attached hydrogens (tertiary/aromatic N) is 3. The molecule has 0 amide bonds. The number of aryl methyl sites for hydroxylation is 3. The Hall–Kier alpha value is -3.40. The van der Waals surface area contributed by atoms with E-state index in [1.54, 1.807) is 0 Å². The first-order valence-electron chi connectivity index (χ1n) is 10.7. The summed E-state index contributed by atoms with van der Waals surface area (Å²) in [5.74, 6) is 0.712. The molecule has 0 aliphatic carbocycles. The Kier molecular flexibility index (Phi) is 4.30. The van der Waals surface area contributed by atoms with E-state index in [0.29, 0.717) is 5.88 Å². The molecule has 0 atom stereocenters. The van der Waals surface area contributed by atoms with Crippen molar-refractivity contribution in [1.29, 1.82) is 0 Å². The van der Waals surface area contributed by atoms with Gasteiger partial charge in [-0.3, -0.25) is 4.90 Å². The van der Waals surface area contributed by atoms with Crippen LogP contribution in [0.3, 0.4) is 0 Å². The van der Waals surface area contributed by atoms with Gasteiger partial charge in [0.2, 0.25) is 5.88 Å². The van der Waals surface area contributed by atoms with Gasteiger partial charge in [-0.2, -0.15) is 0 Å². The Morgan fingerprint density at radius 1 is 0.839 bits per heavy atom. The van der Waals surface area contributed by atoms with Gasteiger partial charge in [-0.1, -0.05) is 56.7 Å². The molecule has 1 aromatic heterocycles. The van der Waals surface area contributed by atoms with Crippen LogP contribution in [0.2, 0.25) is 0 Å². The van der Waals surface area contributed by atoms with E-state index in [4.69, 9.17) is 4.42 Å². The fourth-order valence-electron chi connectivity index (χ4n) is 4.35. The molecule has 4 heteroatoms. The lowest BCUT2D eigenvalue weighted by Gasteiger charge is -2.28. The molecule has 4 aromatic rings. The van der Waals surface area contributed by atoms with Gasteiger partial charge in [0, 0.05) is 0 Å². The highest BCUT2D eigenvalue weighted by Gasteiger charge is 2.30. The lowest BCUT2D eigenvalue weighted by atomic mass is 9.84. The number of anilines is 3. The molecule has 3 aromatic carbocycles. The third-order valence-electron chi connectivity index (χ3n) is 5.96. The Morgan fingerprint density at radius 2 is 1.55 bits per heavy atom. The molecule has 0 bridgehead atoms. The largest absolute Gasteiger partial charge is 0.437 e. The van der Waals surface area contributed by atoms with Crippen molar-refractivity contribution in [3.63, 3.8) is 0 Å². The topological polar surface area (TPSA) is 41.1 Å². The van der Waals surface area contributed by atoms with Gasteiger partial charge in [0.05, 0.1) is 16.8 Å². The van der Waals surface area contributed by atoms with Crippen LogP contribution in [0.25, 0.3) is 11.0 Å². The lowest BCUT2D eigenvalue weighted by molar-refractivity contribution is 0.589. The summed E-state index contributed by atoms with van der Waals surface area (Å²) < 4.78 is 6.43. The quantitative estimate of drug-likeness (QED) is 0.277. The minimum absolute atomic E-state index is 0.0808. The molecule has 0 saturated carbocycles. The van der Waals surface area contributed by atoms with Crippen LogP contribution in [-0.2, 0) is 5.41 Å². The summed E-state index contributed by atoms with van der Waals surface area (Å²) >= 11 is 0. The van der Waals surface area contributed by atoms with E-state index < -0.39 is 0 Å². The summed E-state index contributed by atoms with van der Waals surface area (Å²) in [4.78, 5) is 2.19. The zero-order valence-corrected chi connectivity index (χ0v) is 18.9. The fraction of sp³-hybridized carbons (Fsp3) is 0.259. The van der Waals surface area contributed by atoms with E-state index in [0.717, 1.165) is 33.7 Å². The Morgan fingerprint density at radius 3 is 2.26 bits per heavy atom. The molecular weight excluding hydrogens is 382 g/mol. The lowest BCUT2D eigenvalue weighted by Crippen LogP contribution is -2.16. The number of furan rings is 1. The highest BCUT2D eigenvalue weighted by molar-refractivity contribution is 6.01. The fourth-order valence-corrected chi connectivity index (χ4v) is 4.35. The first kappa shape index (κ1) is 19.6. The molecule has 31 heavy (non-hydrogen) atoms. The molecule has 0 N–H and O–H groups in total. The molecule has 156 valence electrons. The first-order chi connectivity index (χ1) is 14.7. The minimum Gasteiger partial charge on any atom is -0.437 e. The second-order valence-corrected chi connectivity index (χ2v) is 9.49. The third-order valence-corrected chi connectivity index (χ3v) is 5.96. The van der Waals surface area contributed by atoms with E-state index >= 15 is 0 Å². The number of hydrogen-bond acceptors (Lipinski definition) is 4. The number of para-hydroxylation sites is 1. The van der Waals surface area contributed by atoms with Crippen molar-refractivity contribution in [3.8, 4) is 0 Å². The summed E-state index contributed by atoms with van der Waals surface area (Å²) in [5.41, 5.74) is 9.47. The maximum absolute atomic E-state index is 6.43. The van der Waals surface area contributed by atoms with Crippen molar-refractivity contribution in [3.05, 3.63) is 76.9 Å². The highest BCUT2D eigenvalue weighted by Crippen LogP contribution is 2.52. The Bertz CT molecular complexity index is 1330. The molecule has 0 fully saturated rings. The van der Waals surface area contributed by atoms with E-state index in [-0.39, 0.29) is 5.41 Å². The number of hydrogen-bond donors (Lipinski definition) is 0. The van der Waals surface area contributed by atoms with Crippen molar-refractivity contribution in [1.82, 2.24) is 0 Å². The van der Waals surface area contributed by atoms with Crippen LogP contribution in [-0.4, -0.2) is 0 Å². The summed E-state index contributed by atoms with van der Waals surface area (Å²) in [6, 6.07) is 18.9. The van der Waals surface area contributed by atoms with E-state index in [1.165, 1.54) is 22.3 Å².